The number of nitro benzene ring substituents is 1. The summed E-state index contributed by atoms with van der Waals surface area (Å²) in [5.41, 5.74) is 2.14. The lowest BCUT2D eigenvalue weighted by molar-refractivity contribution is -0.384. The lowest BCUT2D eigenvalue weighted by atomic mass is 10.2. The summed E-state index contributed by atoms with van der Waals surface area (Å²) in [5.74, 6) is -0.475. The molecule has 0 unspecified atom stereocenters. The monoisotopic (exact) mass is 384 g/mol. The van der Waals surface area contributed by atoms with Gasteiger partial charge in [0.15, 0.2) is 0 Å². The van der Waals surface area contributed by atoms with E-state index in [0.29, 0.717) is 12.2 Å². The van der Waals surface area contributed by atoms with E-state index in [2.05, 4.69) is 10.6 Å². The number of nitro groups is 1. The first-order chi connectivity index (χ1) is 13.4. The van der Waals surface area contributed by atoms with Gasteiger partial charge in [-0.3, -0.25) is 24.6 Å². The normalized spacial score (nSPS) is 10.5. The van der Waals surface area contributed by atoms with Gasteiger partial charge in [-0.05, 0) is 43.7 Å². The molecule has 0 fully saturated rings. The third-order valence-corrected chi connectivity index (χ3v) is 4.06. The molecular weight excluding hydrogens is 360 g/mol. The highest BCUT2D eigenvalue weighted by molar-refractivity contribution is 5.95. The van der Waals surface area contributed by atoms with Crippen molar-refractivity contribution in [3.05, 3.63) is 64.2 Å². The number of rotatable bonds is 9. The van der Waals surface area contributed by atoms with Crippen LogP contribution in [0.2, 0.25) is 0 Å². The number of amides is 2. The Morgan fingerprint density at radius 3 is 2.18 bits per heavy atom. The molecule has 2 amide bonds. The van der Waals surface area contributed by atoms with Crippen LogP contribution in [-0.4, -0.2) is 41.3 Å². The number of anilines is 2. The minimum absolute atomic E-state index is 0.0431. The molecule has 0 spiro atoms. The van der Waals surface area contributed by atoms with E-state index in [4.69, 9.17) is 0 Å². The Labute approximate surface area is 163 Å². The molecule has 0 aromatic heterocycles. The van der Waals surface area contributed by atoms with Crippen LogP contribution in [0.25, 0.3) is 0 Å². The third kappa shape index (κ3) is 6.48. The Kier molecular flexibility index (Phi) is 7.65. The van der Waals surface area contributed by atoms with Gasteiger partial charge in [0.2, 0.25) is 11.8 Å². The smallest absolute Gasteiger partial charge is 0.269 e. The van der Waals surface area contributed by atoms with Crippen LogP contribution in [-0.2, 0) is 9.59 Å². The van der Waals surface area contributed by atoms with Crippen LogP contribution < -0.4 is 10.6 Å². The highest BCUT2D eigenvalue weighted by Crippen LogP contribution is 2.15. The molecule has 0 bridgehead atoms. The molecule has 28 heavy (non-hydrogen) atoms. The fraction of sp³-hybridized carbons (Fsp3) is 0.300. The predicted octanol–water partition coefficient (Wildman–Crippen LogP) is 3.19. The SMILES string of the molecule is CCCN(CC(=O)Nc1ccc([N+](=O)[O-])cc1)CC(=O)Nc1ccccc1C. The van der Waals surface area contributed by atoms with Crippen molar-refractivity contribution in [2.75, 3.05) is 30.3 Å². The lowest BCUT2D eigenvalue weighted by Gasteiger charge is -2.21. The average Bonchev–Trinajstić information content (AvgIpc) is 2.64. The fourth-order valence-corrected chi connectivity index (χ4v) is 2.71. The van der Waals surface area contributed by atoms with Gasteiger partial charge in [-0.2, -0.15) is 0 Å². The number of non-ortho nitro benzene ring substituents is 1. The number of aryl methyl sites for hydroxylation is 1. The van der Waals surface area contributed by atoms with Gasteiger partial charge >= 0.3 is 0 Å². The Balaban J connectivity index is 1.91. The summed E-state index contributed by atoms with van der Waals surface area (Å²) in [7, 11) is 0. The Bertz CT molecular complexity index is 836. The number of para-hydroxylation sites is 1. The van der Waals surface area contributed by atoms with Crippen LogP contribution >= 0.6 is 0 Å². The van der Waals surface area contributed by atoms with Gasteiger partial charge < -0.3 is 10.6 Å². The van der Waals surface area contributed by atoms with Crippen molar-refractivity contribution < 1.29 is 14.5 Å². The second-order valence-corrected chi connectivity index (χ2v) is 6.43. The van der Waals surface area contributed by atoms with E-state index < -0.39 is 4.92 Å². The van der Waals surface area contributed by atoms with Crippen molar-refractivity contribution in [2.24, 2.45) is 0 Å². The van der Waals surface area contributed by atoms with E-state index in [-0.39, 0.29) is 30.6 Å². The van der Waals surface area contributed by atoms with E-state index in [1.54, 1.807) is 4.90 Å². The highest BCUT2D eigenvalue weighted by atomic mass is 16.6. The fourth-order valence-electron chi connectivity index (χ4n) is 2.71. The second kappa shape index (κ2) is 10.2. The van der Waals surface area contributed by atoms with Crippen LogP contribution in [0.1, 0.15) is 18.9 Å². The quantitative estimate of drug-likeness (QED) is 0.510. The van der Waals surface area contributed by atoms with Gasteiger partial charge in [0, 0.05) is 23.5 Å². The maximum Gasteiger partial charge on any atom is 0.269 e. The molecule has 0 atom stereocenters. The first-order valence-electron chi connectivity index (χ1n) is 9.01. The summed E-state index contributed by atoms with van der Waals surface area (Å²) in [4.78, 5) is 36.6. The zero-order chi connectivity index (χ0) is 20.5. The molecule has 0 aliphatic rings. The lowest BCUT2D eigenvalue weighted by Crippen LogP contribution is -2.39. The molecule has 148 valence electrons. The van der Waals surface area contributed by atoms with E-state index in [1.165, 1.54) is 24.3 Å². The van der Waals surface area contributed by atoms with Crippen LogP contribution in [0.15, 0.2) is 48.5 Å². The zero-order valence-corrected chi connectivity index (χ0v) is 16.0. The van der Waals surface area contributed by atoms with Gasteiger partial charge in [0.1, 0.15) is 0 Å². The minimum atomic E-state index is -0.498. The number of nitrogens with zero attached hydrogens (tertiary/aromatic N) is 2. The van der Waals surface area contributed by atoms with E-state index in [9.17, 15) is 19.7 Å². The maximum atomic E-state index is 12.3. The van der Waals surface area contributed by atoms with Crippen molar-refractivity contribution in [2.45, 2.75) is 20.3 Å². The van der Waals surface area contributed by atoms with Crippen molar-refractivity contribution in [3.8, 4) is 0 Å². The van der Waals surface area contributed by atoms with Gasteiger partial charge in [-0.25, -0.2) is 0 Å². The number of hydrogen-bond donors (Lipinski definition) is 2. The molecule has 2 aromatic rings. The summed E-state index contributed by atoms with van der Waals surface area (Å²) in [6, 6.07) is 13.1. The number of carbonyl (C=O) groups is 2. The van der Waals surface area contributed by atoms with Crippen molar-refractivity contribution in [3.63, 3.8) is 0 Å². The standard InChI is InChI=1S/C20H24N4O4/c1-3-12-23(14-20(26)22-18-7-5-4-6-15(18)2)13-19(25)21-16-8-10-17(11-9-16)24(27)28/h4-11H,3,12-14H2,1-2H3,(H,21,25)(H,22,26). The molecule has 0 radical (unpaired) electrons. The molecule has 0 saturated heterocycles. The molecule has 2 aromatic carbocycles. The molecule has 8 heteroatoms. The Morgan fingerprint density at radius 1 is 1.00 bits per heavy atom. The zero-order valence-electron chi connectivity index (χ0n) is 16.0. The number of hydrogen-bond acceptors (Lipinski definition) is 5. The number of nitrogens with one attached hydrogen (secondary N) is 2. The summed E-state index contributed by atoms with van der Waals surface area (Å²) in [6.45, 7) is 4.62. The van der Waals surface area contributed by atoms with Gasteiger partial charge in [0.05, 0.1) is 18.0 Å². The summed E-state index contributed by atoms with van der Waals surface area (Å²) in [6.07, 6.45) is 0.794. The summed E-state index contributed by atoms with van der Waals surface area (Å²) >= 11 is 0. The first-order valence-corrected chi connectivity index (χ1v) is 9.01. The second-order valence-electron chi connectivity index (χ2n) is 6.43. The number of carbonyl (C=O) groups excluding carboxylic acids is 2. The molecule has 0 heterocycles. The van der Waals surface area contributed by atoms with Gasteiger partial charge in [0.25, 0.3) is 5.69 Å². The summed E-state index contributed by atoms with van der Waals surface area (Å²) < 4.78 is 0. The first kappa shape index (κ1) is 21.0. The molecule has 8 nitrogen and oxygen atoms in total. The molecule has 0 aliphatic carbocycles. The predicted molar refractivity (Wildman–Crippen MR) is 108 cm³/mol. The van der Waals surface area contributed by atoms with E-state index >= 15 is 0 Å². The number of benzene rings is 2. The molecular formula is C20H24N4O4. The topological polar surface area (TPSA) is 105 Å². The van der Waals surface area contributed by atoms with Gasteiger partial charge in [-0.1, -0.05) is 25.1 Å². The van der Waals surface area contributed by atoms with Crippen molar-refractivity contribution >= 4 is 28.9 Å². The Morgan fingerprint density at radius 2 is 1.61 bits per heavy atom. The van der Waals surface area contributed by atoms with Crippen molar-refractivity contribution in [1.29, 1.82) is 0 Å². The van der Waals surface area contributed by atoms with Crippen LogP contribution in [0.5, 0.6) is 0 Å². The molecule has 2 N–H and O–H groups in total. The largest absolute Gasteiger partial charge is 0.325 e. The summed E-state index contributed by atoms with van der Waals surface area (Å²) in [5, 5.41) is 16.2. The van der Waals surface area contributed by atoms with Crippen LogP contribution in [0.4, 0.5) is 17.1 Å². The van der Waals surface area contributed by atoms with Crippen molar-refractivity contribution in [1.82, 2.24) is 4.90 Å². The van der Waals surface area contributed by atoms with E-state index in [0.717, 1.165) is 17.7 Å². The third-order valence-electron chi connectivity index (χ3n) is 4.06. The van der Waals surface area contributed by atoms with Gasteiger partial charge in [-0.15, -0.1) is 0 Å². The van der Waals surface area contributed by atoms with E-state index in [1.807, 2.05) is 38.1 Å². The molecule has 2 rings (SSSR count). The maximum absolute atomic E-state index is 12.3. The molecule has 0 aliphatic heterocycles. The average molecular weight is 384 g/mol. The van der Waals surface area contributed by atoms with Crippen LogP contribution in [0.3, 0.4) is 0 Å². The highest BCUT2D eigenvalue weighted by Gasteiger charge is 2.15. The molecule has 0 saturated carbocycles. The minimum Gasteiger partial charge on any atom is -0.325 e. The Hall–Kier alpha value is -3.26. The van der Waals surface area contributed by atoms with Crippen LogP contribution in [0, 0.1) is 17.0 Å².